The van der Waals surface area contributed by atoms with Crippen molar-refractivity contribution >= 4 is 17.3 Å². The van der Waals surface area contributed by atoms with Crippen molar-refractivity contribution in [3.05, 3.63) is 64.7 Å². The van der Waals surface area contributed by atoms with E-state index in [9.17, 15) is 13.9 Å². The maximum absolute atomic E-state index is 13.0. The molecule has 0 fully saturated rings. The highest BCUT2D eigenvalue weighted by Crippen LogP contribution is 2.20. The summed E-state index contributed by atoms with van der Waals surface area (Å²) in [7, 11) is 0. The number of aliphatic hydroxyl groups excluding tert-OH is 1. The van der Waals surface area contributed by atoms with Gasteiger partial charge < -0.3 is 10.4 Å². The molecular formula is C14H12ClF2NO. The van der Waals surface area contributed by atoms with Crippen molar-refractivity contribution in [3.8, 4) is 0 Å². The van der Waals surface area contributed by atoms with Gasteiger partial charge in [-0.2, -0.15) is 0 Å². The number of benzene rings is 2. The topological polar surface area (TPSA) is 32.3 Å². The monoisotopic (exact) mass is 283 g/mol. The van der Waals surface area contributed by atoms with Gasteiger partial charge in [0.1, 0.15) is 11.6 Å². The van der Waals surface area contributed by atoms with Crippen LogP contribution in [0.25, 0.3) is 0 Å². The summed E-state index contributed by atoms with van der Waals surface area (Å²) in [4.78, 5) is 0. The minimum atomic E-state index is -0.862. The van der Waals surface area contributed by atoms with Gasteiger partial charge in [-0.05, 0) is 35.9 Å². The lowest BCUT2D eigenvalue weighted by atomic mass is 10.1. The molecule has 0 saturated carbocycles. The molecule has 2 N–H and O–H groups in total. The average Bonchev–Trinajstić information content (AvgIpc) is 2.40. The Morgan fingerprint density at radius 3 is 2.63 bits per heavy atom. The van der Waals surface area contributed by atoms with E-state index in [2.05, 4.69) is 5.32 Å². The first-order valence-corrected chi connectivity index (χ1v) is 6.06. The lowest BCUT2D eigenvalue weighted by Gasteiger charge is -2.13. The molecule has 2 aromatic rings. The SMILES string of the molecule is OC(CNc1ccc(F)c(Cl)c1)c1cccc(F)c1. The first kappa shape index (κ1) is 13.8. The standard InChI is InChI=1S/C14H12ClF2NO/c15-12-7-11(4-5-13(12)17)18-8-14(19)9-2-1-3-10(16)6-9/h1-7,14,18-19H,8H2. The molecule has 0 saturated heterocycles. The Kier molecular flexibility index (Phi) is 4.35. The first-order valence-electron chi connectivity index (χ1n) is 5.69. The third-order valence-electron chi connectivity index (χ3n) is 2.65. The predicted octanol–water partition coefficient (Wildman–Crippen LogP) is 3.76. The molecule has 2 rings (SSSR count). The van der Waals surface area contributed by atoms with Crippen molar-refractivity contribution < 1.29 is 13.9 Å². The molecule has 0 heterocycles. The zero-order valence-electron chi connectivity index (χ0n) is 9.91. The van der Waals surface area contributed by atoms with Crippen LogP contribution in [0.5, 0.6) is 0 Å². The largest absolute Gasteiger partial charge is 0.387 e. The van der Waals surface area contributed by atoms with Crippen LogP contribution in [0.15, 0.2) is 42.5 Å². The predicted molar refractivity (Wildman–Crippen MR) is 71.3 cm³/mol. The lowest BCUT2D eigenvalue weighted by Crippen LogP contribution is -2.12. The molecule has 5 heteroatoms. The molecule has 0 radical (unpaired) electrons. The van der Waals surface area contributed by atoms with Gasteiger partial charge in [0.25, 0.3) is 0 Å². The van der Waals surface area contributed by atoms with Gasteiger partial charge >= 0.3 is 0 Å². The molecule has 19 heavy (non-hydrogen) atoms. The molecule has 0 bridgehead atoms. The van der Waals surface area contributed by atoms with Gasteiger partial charge in [-0.25, -0.2) is 8.78 Å². The molecule has 0 amide bonds. The minimum Gasteiger partial charge on any atom is -0.387 e. The summed E-state index contributed by atoms with van der Waals surface area (Å²) in [6, 6.07) is 9.91. The van der Waals surface area contributed by atoms with Gasteiger partial charge in [-0.15, -0.1) is 0 Å². The highest BCUT2D eigenvalue weighted by atomic mass is 35.5. The van der Waals surface area contributed by atoms with E-state index >= 15 is 0 Å². The highest BCUT2D eigenvalue weighted by Gasteiger charge is 2.08. The van der Waals surface area contributed by atoms with Crippen molar-refractivity contribution in [2.24, 2.45) is 0 Å². The van der Waals surface area contributed by atoms with E-state index in [0.717, 1.165) is 0 Å². The van der Waals surface area contributed by atoms with Gasteiger partial charge in [-0.1, -0.05) is 23.7 Å². The second-order valence-corrected chi connectivity index (χ2v) is 4.49. The van der Waals surface area contributed by atoms with Crippen molar-refractivity contribution in [1.29, 1.82) is 0 Å². The van der Waals surface area contributed by atoms with E-state index < -0.39 is 17.7 Å². The maximum Gasteiger partial charge on any atom is 0.141 e. The van der Waals surface area contributed by atoms with Gasteiger partial charge in [-0.3, -0.25) is 0 Å². The van der Waals surface area contributed by atoms with Crippen LogP contribution in [0.1, 0.15) is 11.7 Å². The second-order valence-electron chi connectivity index (χ2n) is 4.08. The zero-order chi connectivity index (χ0) is 13.8. The number of rotatable bonds is 4. The van der Waals surface area contributed by atoms with Crippen LogP contribution in [0, 0.1) is 11.6 Å². The van der Waals surface area contributed by atoms with Crippen LogP contribution in [0.2, 0.25) is 5.02 Å². The summed E-state index contributed by atoms with van der Waals surface area (Å²) in [5.74, 6) is -0.903. The summed E-state index contributed by atoms with van der Waals surface area (Å²) < 4.78 is 26.0. The number of hydrogen-bond acceptors (Lipinski definition) is 2. The second kappa shape index (κ2) is 5.99. The number of nitrogens with one attached hydrogen (secondary N) is 1. The van der Waals surface area contributed by atoms with E-state index in [1.165, 1.54) is 36.4 Å². The Bertz CT molecular complexity index is 577. The summed E-state index contributed by atoms with van der Waals surface area (Å²) in [5, 5.41) is 12.8. The maximum atomic E-state index is 13.0. The third-order valence-corrected chi connectivity index (χ3v) is 2.94. The Balaban J connectivity index is 2.00. The summed E-state index contributed by atoms with van der Waals surface area (Å²) in [6.07, 6.45) is -0.862. The fourth-order valence-corrected chi connectivity index (χ4v) is 1.83. The molecule has 0 aliphatic heterocycles. The lowest BCUT2D eigenvalue weighted by molar-refractivity contribution is 0.191. The van der Waals surface area contributed by atoms with E-state index in [4.69, 9.17) is 11.6 Å². The first-order chi connectivity index (χ1) is 9.06. The fraction of sp³-hybridized carbons (Fsp3) is 0.143. The van der Waals surface area contributed by atoms with Crippen LogP contribution in [-0.2, 0) is 0 Å². The minimum absolute atomic E-state index is 0.00486. The van der Waals surface area contributed by atoms with Crippen LogP contribution >= 0.6 is 11.6 Å². The molecule has 0 aromatic heterocycles. The molecule has 1 atom stereocenters. The molecule has 100 valence electrons. The van der Waals surface area contributed by atoms with Crippen molar-refractivity contribution in [3.63, 3.8) is 0 Å². The quantitative estimate of drug-likeness (QED) is 0.895. The Morgan fingerprint density at radius 2 is 1.95 bits per heavy atom. The Hall–Kier alpha value is -1.65. The summed E-state index contributed by atoms with van der Waals surface area (Å²) >= 11 is 5.64. The van der Waals surface area contributed by atoms with Crippen LogP contribution in [0.4, 0.5) is 14.5 Å². The van der Waals surface area contributed by atoms with Gasteiger partial charge in [0.15, 0.2) is 0 Å². The van der Waals surface area contributed by atoms with Gasteiger partial charge in [0.2, 0.25) is 0 Å². The van der Waals surface area contributed by atoms with Crippen LogP contribution < -0.4 is 5.32 Å². The van der Waals surface area contributed by atoms with E-state index in [1.54, 1.807) is 6.07 Å². The zero-order valence-corrected chi connectivity index (χ0v) is 10.7. The molecule has 0 spiro atoms. The number of anilines is 1. The molecule has 2 nitrogen and oxygen atoms in total. The smallest absolute Gasteiger partial charge is 0.141 e. The number of aliphatic hydroxyl groups is 1. The molecule has 1 unspecified atom stereocenters. The van der Waals surface area contributed by atoms with Crippen LogP contribution in [-0.4, -0.2) is 11.7 Å². The van der Waals surface area contributed by atoms with E-state index in [0.29, 0.717) is 11.3 Å². The normalized spacial score (nSPS) is 12.2. The Labute approximate surface area is 114 Å². The average molecular weight is 284 g/mol. The van der Waals surface area contributed by atoms with Crippen molar-refractivity contribution in [2.45, 2.75) is 6.10 Å². The van der Waals surface area contributed by atoms with Crippen LogP contribution in [0.3, 0.4) is 0 Å². The molecule has 2 aromatic carbocycles. The molecule has 0 aliphatic rings. The Morgan fingerprint density at radius 1 is 1.16 bits per heavy atom. The van der Waals surface area contributed by atoms with Gasteiger partial charge in [0, 0.05) is 12.2 Å². The number of hydrogen-bond donors (Lipinski definition) is 2. The summed E-state index contributed by atoms with van der Waals surface area (Å²) in [5.41, 5.74) is 1.06. The highest BCUT2D eigenvalue weighted by molar-refractivity contribution is 6.31. The number of halogens is 3. The molecular weight excluding hydrogens is 272 g/mol. The third kappa shape index (κ3) is 3.66. The van der Waals surface area contributed by atoms with Gasteiger partial charge in [0.05, 0.1) is 11.1 Å². The molecule has 0 aliphatic carbocycles. The fourth-order valence-electron chi connectivity index (χ4n) is 1.65. The van der Waals surface area contributed by atoms with E-state index in [1.807, 2.05) is 0 Å². The summed E-state index contributed by atoms with van der Waals surface area (Å²) in [6.45, 7) is 0.172. The van der Waals surface area contributed by atoms with Crippen molar-refractivity contribution in [2.75, 3.05) is 11.9 Å². The van der Waals surface area contributed by atoms with Crippen molar-refractivity contribution in [1.82, 2.24) is 0 Å². The van der Waals surface area contributed by atoms with E-state index in [-0.39, 0.29) is 11.6 Å².